The summed E-state index contributed by atoms with van der Waals surface area (Å²) < 4.78 is 53.8. The van der Waals surface area contributed by atoms with Crippen molar-refractivity contribution >= 4 is 5.57 Å². The molecule has 2 heterocycles. The number of hydrogen-bond donors (Lipinski definition) is 2. The first-order valence-electron chi connectivity index (χ1n) is 6.12. The standard InChI is InChI=1S/C12H12F4N2O3/c13-5-7-17-10(20)9-6(2-1-3-12(14,15)16)4-8(19)21-11(9)18-7/h4,8,19H,1-3,5H2,(H,17,18,20). The Morgan fingerprint density at radius 1 is 1.43 bits per heavy atom. The number of hydrogen-bond acceptors (Lipinski definition) is 4. The summed E-state index contributed by atoms with van der Waals surface area (Å²) in [6.45, 7) is -1.03. The molecule has 21 heavy (non-hydrogen) atoms. The summed E-state index contributed by atoms with van der Waals surface area (Å²) in [6, 6.07) is 0. The summed E-state index contributed by atoms with van der Waals surface area (Å²) in [6.07, 6.45) is -5.91. The van der Waals surface area contributed by atoms with Gasteiger partial charge in [0.05, 0.1) is 0 Å². The smallest absolute Gasteiger partial charge is 0.389 e. The maximum Gasteiger partial charge on any atom is 0.389 e. The van der Waals surface area contributed by atoms with Crippen molar-refractivity contribution in [3.05, 3.63) is 27.8 Å². The predicted molar refractivity (Wildman–Crippen MR) is 64.2 cm³/mol. The SMILES string of the molecule is O=c1[nH]c(CF)nc2c1C(CCCC(F)(F)F)=CC(O)O2. The third-order valence-corrected chi connectivity index (χ3v) is 2.87. The van der Waals surface area contributed by atoms with Crippen LogP contribution in [0.2, 0.25) is 0 Å². The molecule has 1 aromatic rings. The van der Waals surface area contributed by atoms with E-state index in [2.05, 4.69) is 9.97 Å². The highest BCUT2D eigenvalue weighted by atomic mass is 19.4. The first-order valence-corrected chi connectivity index (χ1v) is 6.12. The van der Waals surface area contributed by atoms with Gasteiger partial charge in [0, 0.05) is 6.42 Å². The van der Waals surface area contributed by atoms with Crippen LogP contribution in [0.25, 0.3) is 5.57 Å². The Morgan fingerprint density at radius 2 is 2.14 bits per heavy atom. The Labute approximate surface area is 116 Å². The molecule has 1 atom stereocenters. The lowest BCUT2D eigenvalue weighted by atomic mass is 10.00. The van der Waals surface area contributed by atoms with Crippen LogP contribution in [0.4, 0.5) is 17.6 Å². The van der Waals surface area contributed by atoms with Gasteiger partial charge in [-0.15, -0.1) is 0 Å². The molecule has 0 radical (unpaired) electrons. The van der Waals surface area contributed by atoms with Crippen molar-refractivity contribution in [3.8, 4) is 5.88 Å². The molecule has 0 bridgehead atoms. The molecule has 0 saturated heterocycles. The molecule has 1 unspecified atom stereocenters. The van der Waals surface area contributed by atoms with Gasteiger partial charge in [-0.1, -0.05) is 0 Å². The number of halogens is 4. The molecule has 1 aliphatic rings. The van der Waals surface area contributed by atoms with Crippen LogP contribution in [0.5, 0.6) is 5.88 Å². The van der Waals surface area contributed by atoms with Crippen molar-refractivity contribution in [1.82, 2.24) is 9.97 Å². The fourth-order valence-electron chi connectivity index (χ4n) is 2.02. The predicted octanol–water partition coefficient (Wildman–Crippen LogP) is 2.07. The second kappa shape index (κ2) is 5.84. The number of allylic oxidation sites excluding steroid dienone is 1. The molecule has 116 valence electrons. The maximum atomic E-state index is 12.5. The molecule has 0 aliphatic carbocycles. The van der Waals surface area contributed by atoms with Gasteiger partial charge in [0.15, 0.2) is 0 Å². The zero-order chi connectivity index (χ0) is 15.6. The van der Waals surface area contributed by atoms with Crippen LogP contribution < -0.4 is 10.3 Å². The fourth-order valence-corrected chi connectivity index (χ4v) is 2.02. The van der Waals surface area contributed by atoms with E-state index in [1.165, 1.54) is 0 Å². The molecule has 0 saturated carbocycles. The van der Waals surface area contributed by atoms with Crippen LogP contribution in [0.1, 0.15) is 30.7 Å². The van der Waals surface area contributed by atoms with E-state index in [4.69, 9.17) is 4.74 Å². The van der Waals surface area contributed by atoms with Crippen LogP contribution in [0.15, 0.2) is 10.9 Å². The van der Waals surface area contributed by atoms with Gasteiger partial charge >= 0.3 is 6.18 Å². The van der Waals surface area contributed by atoms with E-state index in [1.54, 1.807) is 0 Å². The second-order valence-electron chi connectivity index (χ2n) is 4.50. The van der Waals surface area contributed by atoms with Crippen molar-refractivity contribution in [2.45, 2.75) is 38.4 Å². The van der Waals surface area contributed by atoms with E-state index in [0.717, 1.165) is 6.08 Å². The van der Waals surface area contributed by atoms with Crippen molar-refractivity contribution < 1.29 is 27.4 Å². The van der Waals surface area contributed by atoms with Gasteiger partial charge in [-0.3, -0.25) is 4.79 Å². The Kier molecular flexibility index (Phi) is 4.31. The molecule has 1 aromatic heterocycles. The number of nitrogens with one attached hydrogen (secondary N) is 1. The highest BCUT2D eigenvalue weighted by molar-refractivity contribution is 5.70. The van der Waals surface area contributed by atoms with Gasteiger partial charge in [0.2, 0.25) is 12.2 Å². The van der Waals surface area contributed by atoms with Crippen LogP contribution in [0, 0.1) is 0 Å². The summed E-state index contributed by atoms with van der Waals surface area (Å²) in [4.78, 5) is 17.7. The molecule has 0 aromatic carbocycles. The third-order valence-electron chi connectivity index (χ3n) is 2.87. The molecule has 5 nitrogen and oxygen atoms in total. The van der Waals surface area contributed by atoms with Crippen LogP contribution in [-0.4, -0.2) is 27.5 Å². The zero-order valence-electron chi connectivity index (χ0n) is 10.7. The number of aromatic amines is 1. The lowest BCUT2D eigenvalue weighted by Gasteiger charge is -2.21. The lowest BCUT2D eigenvalue weighted by Crippen LogP contribution is -2.26. The van der Waals surface area contributed by atoms with Crippen LogP contribution in [0.3, 0.4) is 0 Å². The number of aromatic nitrogens is 2. The van der Waals surface area contributed by atoms with Gasteiger partial charge in [-0.05, 0) is 24.5 Å². The van der Waals surface area contributed by atoms with Crippen molar-refractivity contribution in [2.75, 3.05) is 0 Å². The van der Waals surface area contributed by atoms with E-state index >= 15 is 0 Å². The second-order valence-corrected chi connectivity index (χ2v) is 4.50. The van der Waals surface area contributed by atoms with E-state index in [9.17, 15) is 27.5 Å². The number of rotatable bonds is 4. The fraction of sp³-hybridized carbons (Fsp3) is 0.500. The summed E-state index contributed by atoms with van der Waals surface area (Å²) in [5, 5.41) is 9.47. The number of H-pyrrole nitrogens is 1. The topological polar surface area (TPSA) is 75.2 Å². The molecule has 2 rings (SSSR count). The number of fused-ring (bicyclic) bond motifs is 1. The summed E-state index contributed by atoms with van der Waals surface area (Å²) >= 11 is 0. The van der Waals surface area contributed by atoms with E-state index in [-0.39, 0.29) is 35.7 Å². The monoisotopic (exact) mass is 308 g/mol. The van der Waals surface area contributed by atoms with E-state index in [0.29, 0.717) is 0 Å². The highest BCUT2D eigenvalue weighted by Crippen LogP contribution is 2.32. The normalized spacial score (nSPS) is 18.0. The van der Waals surface area contributed by atoms with Crippen molar-refractivity contribution in [3.63, 3.8) is 0 Å². The molecule has 0 spiro atoms. The molecule has 1 aliphatic heterocycles. The third kappa shape index (κ3) is 3.81. The quantitative estimate of drug-likeness (QED) is 0.835. The average Bonchev–Trinajstić information content (AvgIpc) is 2.35. The first-order chi connectivity index (χ1) is 9.80. The van der Waals surface area contributed by atoms with E-state index < -0.39 is 31.1 Å². The van der Waals surface area contributed by atoms with Gasteiger partial charge in [-0.25, -0.2) is 4.39 Å². The number of aliphatic hydroxyl groups excluding tert-OH is 1. The Hall–Kier alpha value is -1.90. The maximum absolute atomic E-state index is 12.5. The summed E-state index contributed by atoms with van der Waals surface area (Å²) in [5.74, 6) is -0.550. The Morgan fingerprint density at radius 3 is 2.76 bits per heavy atom. The number of aliphatic hydroxyl groups is 1. The number of nitrogens with zero attached hydrogens (tertiary/aromatic N) is 1. The average molecular weight is 308 g/mol. The Balaban J connectivity index is 2.26. The minimum atomic E-state index is -4.30. The first kappa shape index (κ1) is 15.5. The number of alkyl halides is 4. The van der Waals surface area contributed by atoms with Crippen LogP contribution >= 0.6 is 0 Å². The van der Waals surface area contributed by atoms with Crippen molar-refractivity contribution in [1.29, 1.82) is 0 Å². The van der Waals surface area contributed by atoms with Gasteiger partial charge < -0.3 is 14.8 Å². The highest BCUT2D eigenvalue weighted by Gasteiger charge is 2.28. The minimum absolute atomic E-state index is 0.0697. The van der Waals surface area contributed by atoms with Gasteiger partial charge in [-0.2, -0.15) is 18.2 Å². The van der Waals surface area contributed by atoms with Crippen molar-refractivity contribution in [2.24, 2.45) is 0 Å². The Bertz CT molecular complexity index is 610. The van der Waals surface area contributed by atoms with Gasteiger partial charge in [0.1, 0.15) is 18.1 Å². The molecule has 2 N–H and O–H groups in total. The molecule has 0 fully saturated rings. The van der Waals surface area contributed by atoms with Crippen LogP contribution in [-0.2, 0) is 6.67 Å². The molecule has 9 heteroatoms. The molecular formula is C12H12F4N2O3. The van der Waals surface area contributed by atoms with Gasteiger partial charge in [0.25, 0.3) is 5.56 Å². The minimum Gasteiger partial charge on any atom is -0.443 e. The zero-order valence-corrected chi connectivity index (χ0v) is 10.7. The largest absolute Gasteiger partial charge is 0.443 e. The molecule has 0 amide bonds. The number of ether oxygens (including phenoxy) is 1. The summed E-state index contributed by atoms with van der Waals surface area (Å²) in [5.41, 5.74) is -0.579. The molecular weight excluding hydrogens is 296 g/mol. The van der Waals surface area contributed by atoms with E-state index in [1.807, 2.05) is 0 Å². The lowest BCUT2D eigenvalue weighted by molar-refractivity contribution is -0.135. The summed E-state index contributed by atoms with van der Waals surface area (Å²) in [7, 11) is 0.